The van der Waals surface area contributed by atoms with Crippen molar-refractivity contribution in [3.8, 4) is 0 Å². The van der Waals surface area contributed by atoms with Crippen molar-refractivity contribution >= 4 is 34.1 Å². The zero-order valence-corrected chi connectivity index (χ0v) is 13.1. The first-order chi connectivity index (χ1) is 12.0. The summed E-state index contributed by atoms with van der Waals surface area (Å²) < 4.78 is 5.55. The topological polar surface area (TPSA) is 107 Å². The van der Waals surface area contributed by atoms with Gasteiger partial charge in [0.2, 0.25) is 0 Å². The average molecular weight is 339 g/mol. The van der Waals surface area contributed by atoms with E-state index >= 15 is 0 Å². The van der Waals surface area contributed by atoms with Gasteiger partial charge in [-0.1, -0.05) is 23.4 Å². The number of non-ortho nitro benzene ring substituents is 1. The number of anilines is 1. The van der Waals surface area contributed by atoms with Gasteiger partial charge >= 0.3 is 6.09 Å². The van der Waals surface area contributed by atoms with Crippen LogP contribution in [0.3, 0.4) is 0 Å². The Morgan fingerprint density at radius 3 is 2.68 bits per heavy atom. The molecule has 0 bridgehead atoms. The predicted molar refractivity (Wildman–Crippen MR) is 91.6 cm³/mol. The average Bonchev–Trinajstić information content (AvgIpc) is 3.03. The number of hydrogen-bond acceptors (Lipinski definition) is 6. The minimum atomic E-state index is -0.739. The Hall–Kier alpha value is -3.68. The summed E-state index contributed by atoms with van der Waals surface area (Å²) in [5, 5.41) is 17.6. The maximum absolute atomic E-state index is 11.7. The van der Waals surface area contributed by atoms with Crippen LogP contribution in [0.1, 0.15) is 12.7 Å². The first-order valence-corrected chi connectivity index (χ1v) is 7.29. The third-order valence-electron chi connectivity index (χ3n) is 3.35. The van der Waals surface area contributed by atoms with Gasteiger partial charge in [0.1, 0.15) is 11.3 Å². The molecule has 0 unspecified atom stereocenters. The summed E-state index contributed by atoms with van der Waals surface area (Å²) >= 11 is 0. The molecule has 1 N–H and O–H groups in total. The molecule has 0 saturated carbocycles. The molecule has 8 nitrogen and oxygen atoms in total. The van der Waals surface area contributed by atoms with Crippen LogP contribution in [0.4, 0.5) is 16.2 Å². The number of furan rings is 1. The summed E-state index contributed by atoms with van der Waals surface area (Å²) in [6.07, 6.45) is -0.739. The van der Waals surface area contributed by atoms with Gasteiger partial charge in [0.25, 0.3) is 5.69 Å². The van der Waals surface area contributed by atoms with Crippen molar-refractivity contribution in [1.29, 1.82) is 0 Å². The summed E-state index contributed by atoms with van der Waals surface area (Å²) in [4.78, 5) is 26.8. The van der Waals surface area contributed by atoms with E-state index in [-0.39, 0.29) is 5.69 Å². The molecule has 0 aliphatic carbocycles. The number of oxime groups is 1. The lowest BCUT2D eigenvalue weighted by Crippen LogP contribution is -2.11. The number of carbonyl (C=O) groups excluding carboxylic acids is 1. The first-order valence-electron chi connectivity index (χ1n) is 7.29. The molecule has 2 aromatic carbocycles. The van der Waals surface area contributed by atoms with E-state index in [0.717, 1.165) is 0 Å². The van der Waals surface area contributed by atoms with E-state index in [1.165, 1.54) is 18.2 Å². The van der Waals surface area contributed by atoms with E-state index in [2.05, 4.69) is 10.5 Å². The third kappa shape index (κ3) is 3.81. The van der Waals surface area contributed by atoms with Crippen LogP contribution in [-0.2, 0) is 4.84 Å². The van der Waals surface area contributed by atoms with Gasteiger partial charge in [-0.15, -0.1) is 0 Å². The number of hydrogen-bond donors (Lipinski definition) is 1. The molecule has 1 amide bonds. The van der Waals surface area contributed by atoms with Crippen LogP contribution in [-0.4, -0.2) is 16.7 Å². The van der Waals surface area contributed by atoms with Gasteiger partial charge in [-0.05, 0) is 31.2 Å². The molecule has 0 radical (unpaired) electrons. The summed E-state index contributed by atoms with van der Waals surface area (Å²) in [5.74, 6) is 0.350. The molecule has 1 heterocycles. The van der Waals surface area contributed by atoms with Crippen molar-refractivity contribution in [2.45, 2.75) is 6.92 Å². The van der Waals surface area contributed by atoms with Crippen molar-refractivity contribution in [1.82, 2.24) is 0 Å². The Kier molecular flexibility index (Phi) is 4.42. The second-order valence-electron chi connectivity index (χ2n) is 5.14. The second-order valence-corrected chi connectivity index (χ2v) is 5.14. The normalized spacial score (nSPS) is 11.3. The molecular weight excluding hydrogens is 326 g/mol. The Morgan fingerprint density at radius 1 is 1.20 bits per heavy atom. The highest BCUT2D eigenvalue weighted by Gasteiger charge is 2.12. The number of fused-ring (bicyclic) bond motifs is 1. The van der Waals surface area contributed by atoms with E-state index in [0.29, 0.717) is 28.1 Å². The van der Waals surface area contributed by atoms with E-state index in [1.54, 1.807) is 37.3 Å². The van der Waals surface area contributed by atoms with Crippen LogP contribution in [0.25, 0.3) is 11.0 Å². The van der Waals surface area contributed by atoms with Gasteiger partial charge in [-0.3, -0.25) is 20.3 Å². The quantitative estimate of drug-likeness (QED) is 0.330. The van der Waals surface area contributed by atoms with Crippen molar-refractivity contribution < 1.29 is 19.0 Å². The molecule has 3 rings (SSSR count). The fourth-order valence-corrected chi connectivity index (χ4v) is 2.14. The van der Waals surface area contributed by atoms with E-state index in [1.807, 2.05) is 6.07 Å². The molecule has 0 spiro atoms. The molecule has 0 atom stereocenters. The van der Waals surface area contributed by atoms with Crippen LogP contribution in [0.15, 0.2) is 64.2 Å². The van der Waals surface area contributed by atoms with Crippen molar-refractivity contribution in [3.05, 3.63) is 70.5 Å². The third-order valence-corrected chi connectivity index (χ3v) is 3.35. The van der Waals surface area contributed by atoms with Gasteiger partial charge in [-0.25, -0.2) is 4.79 Å². The fraction of sp³-hybridized carbons (Fsp3) is 0.0588. The monoisotopic (exact) mass is 339 g/mol. The number of nitrogens with zero attached hydrogens (tertiary/aromatic N) is 2. The van der Waals surface area contributed by atoms with Crippen molar-refractivity contribution in [2.75, 3.05) is 5.32 Å². The smallest absolute Gasteiger partial charge is 0.437 e. The minimum Gasteiger partial charge on any atom is -0.455 e. The van der Waals surface area contributed by atoms with Crippen LogP contribution in [0.5, 0.6) is 0 Å². The summed E-state index contributed by atoms with van der Waals surface area (Å²) in [7, 11) is 0. The van der Waals surface area contributed by atoms with Gasteiger partial charge in [0.05, 0.1) is 4.92 Å². The zero-order chi connectivity index (χ0) is 17.8. The molecule has 3 aromatic rings. The molecule has 0 aliphatic rings. The van der Waals surface area contributed by atoms with E-state index < -0.39 is 11.0 Å². The first kappa shape index (κ1) is 16.2. The number of nitro benzene ring substituents is 1. The Bertz CT molecular complexity index is 963. The van der Waals surface area contributed by atoms with Gasteiger partial charge < -0.3 is 4.42 Å². The molecular formula is C17H13N3O5. The summed E-state index contributed by atoms with van der Waals surface area (Å²) in [6, 6.07) is 14.7. The van der Waals surface area contributed by atoms with Crippen LogP contribution in [0, 0.1) is 10.1 Å². The highest BCUT2D eigenvalue weighted by atomic mass is 16.7. The standard InChI is InChI=1S/C17H13N3O5/c1-11(19-25-17(21)18-13-5-3-2-4-6-13)16-10-12-9-14(20(22)23)7-8-15(12)24-16/h2-10H,1H3,(H,18,21)/b19-11-. The molecule has 0 saturated heterocycles. The van der Waals surface area contributed by atoms with Gasteiger partial charge in [0, 0.05) is 23.2 Å². The van der Waals surface area contributed by atoms with Crippen molar-refractivity contribution in [3.63, 3.8) is 0 Å². The number of rotatable bonds is 4. The maximum Gasteiger partial charge on any atom is 0.437 e. The van der Waals surface area contributed by atoms with Crippen LogP contribution in [0.2, 0.25) is 0 Å². The zero-order valence-electron chi connectivity index (χ0n) is 13.1. The highest BCUT2D eigenvalue weighted by Crippen LogP contribution is 2.24. The lowest BCUT2D eigenvalue weighted by Gasteiger charge is -2.02. The fourth-order valence-electron chi connectivity index (χ4n) is 2.14. The summed E-state index contributed by atoms with van der Waals surface area (Å²) in [5.41, 5.74) is 1.34. The Labute approximate surface area is 141 Å². The lowest BCUT2D eigenvalue weighted by molar-refractivity contribution is -0.384. The number of carbonyl (C=O) groups is 1. The molecule has 0 fully saturated rings. The second kappa shape index (κ2) is 6.83. The van der Waals surface area contributed by atoms with E-state index in [9.17, 15) is 14.9 Å². The maximum atomic E-state index is 11.7. The summed E-state index contributed by atoms with van der Waals surface area (Å²) in [6.45, 7) is 1.60. The van der Waals surface area contributed by atoms with Crippen LogP contribution < -0.4 is 5.32 Å². The van der Waals surface area contributed by atoms with E-state index in [4.69, 9.17) is 9.25 Å². The number of benzene rings is 2. The molecule has 1 aromatic heterocycles. The number of para-hydroxylation sites is 1. The van der Waals surface area contributed by atoms with Crippen molar-refractivity contribution in [2.24, 2.45) is 5.16 Å². The van der Waals surface area contributed by atoms with Gasteiger partial charge in [0.15, 0.2) is 5.76 Å². The largest absolute Gasteiger partial charge is 0.455 e. The minimum absolute atomic E-state index is 0.0343. The Balaban J connectivity index is 1.72. The predicted octanol–water partition coefficient (Wildman–Crippen LogP) is 4.31. The number of nitro groups is 1. The van der Waals surface area contributed by atoms with Gasteiger partial charge in [-0.2, -0.15) is 0 Å². The molecule has 8 heteroatoms. The SMILES string of the molecule is C/C(=N/OC(=O)Nc1ccccc1)c1cc2cc([N+](=O)[O-])ccc2o1. The Morgan fingerprint density at radius 2 is 1.96 bits per heavy atom. The van der Waals surface area contributed by atoms with Crippen LogP contribution >= 0.6 is 0 Å². The lowest BCUT2D eigenvalue weighted by atomic mass is 10.2. The molecule has 0 aliphatic heterocycles. The number of amides is 1. The highest BCUT2D eigenvalue weighted by molar-refractivity contribution is 6.00. The number of nitrogens with one attached hydrogen (secondary N) is 1. The molecule has 25 heavy (non-hydrogen) atoms. The molecule has 126 valence electrons.